The Labute approximate surface area is 137 Å². The molecule has 0 saturated carbocycles. The molecular formula is C16H28N4O3. The molecule has 2 N–H and O–H groups in total. The van der Waals surface area contributed by atoms with E-state index in [1.165, 1.54) is 0 Å². The molecule has 1 atom stereocenters. The van der Waals surface area contributed by atoms with E-state index in [4.69, 9.17) is 4.52 Å². The third kappa shape index (κ3) is 5.28. The second kappa shape index (κ2) is 7.40. The van der Waals surface area contributed by atoms with Crippen molar-refractivity contribution in [1.29, 1.82) is 0 Å². The predicted molar refractivity (Wildman–Crippen MR) is 85.7 cm³/mol. The van der Waals surface area contributed by atoms with Gasteiger partial charge in [-0.2, -0.15) is 4.98 Å². The first-order valence-corrected chi connectivity index (χ1v) is 8.27. The molecule has 0 spiro atoms. The molecule has 23 heavy (non-hydrogen) atoms. The van der Waals surface area contributed by atoms with Crippen LogP contribution in [0.3, 0.4) is 0 Å². The number of hydrogen-bond donors (Lipinski definition) is 2. The number of hydrogen-bond acceptors (Lipinski definition) is 6. The third-order valence-electron chi connectivity index (χ3n) is 4.03. The van der Waals surface area contributed by atoms with Gasteiger partial charge in [-0.1, -0.05) is 25.9 Å². The molecule has 0 radical (unpaired) electrons. The van der Waals surface area contributed by atoms with E-state index < -0.39 is 6.10 Å². The molecule has 1 aromatic rings. The van der Waals surface area contributed by atoms with Crippen molar-refractivity contribution in [1.82, 2.24) is 20.4 Å². The summed E-state index contributed by atoms with van der Waals surface area (Å²) in [5.41, 5.74) is -0.114. The maximum Gasteiger partial charge on any atom is 0.240 e. The summed E-state index contributed by atoms with van der Waals surface area (Å²) in [5.74, 6) is 1.42. The van der Waals surface area contributed by atoms with Gasteiger partial charge in [0.15, 0.2) is 5.82 Å². The molecule has 2 heterocycles. The Morgan fingerprint density at radius 3 is 2.61 bits per heavy atom. The summed E-state index contributed by atoms with van der Waals surface area (Å²) in [6, 6.07) is 0. The number of aliphatic hydroxyl groups is 1. The lowest BCUT2D eigenvalue weighted by Gasteiger charge is -2.30. The summed E-state index contributed by atoms with van der Waals surface area (Å²) in [4.78, 5) is 18.7. The number of nitrogens with one attached hydrogen (secondary N) is 1. The first-order valence-electron chi connectivity index (χ1n) is 8.27. The number of carbonyl (C=O) groups is 1. The molecule has 0 aliphatic carbocycles. The molecule has 7 heteroatoms. The van der Waals surface area contributed by atoms with E-state index in [-0.39, 0.29) is 17.2 Å². The van der Waals surface area contributed by atoms with Crippen molar-refractivity contribution < 1.29 is 14.4 Å². The lowest BCUT2D eigenvalue weighted by Crippen LogP contribution is -2.41. The fourth-order valence-corrected chi connectivity index (χ4v) is 2.56. The number of aromatic nitrogens is 2. The Kier molecular flexibility index (Phi) is 5.75. The number of amides is 1. The van der Waals surface area contributed by atoms with Crippen molar-refractivity contribution in [3.05, 3.63) is 11.7 Å². The molecule has 1 aliphatic heterocycles. The zero-order valence-electron chi connectivity index (χ0n) is 14.5. The van der Waals surface area contributed by atoms with Gasteiger partial charge in [-0.05, 0) is 32.9 Å². The van der Waals surface area contributed by atoms with Crippen molar-refractivity contribution in [3.8, 4) is 0 Å². The molecule has 130 valence electrons. The van der Waals surface area contributed by atoms with Crippen LogP contribution < -0.4 is 5.32 Å². The van der Waals surface area contributed by atoms with E-state index in [1.54, 1.807) is 6.92 Å². The molecule has 2 rings (SSSR count). The zero-order chi connectivity index (χ0) is 17.0. The Balaban J connectivity index is 1.78. The first kappa shape index (κ1) is 17.9. The SMILES string of the molecule is CC(O)CNC(=O)C1CCN(Cc2nc(C(C)(C)C)no2)CC1. The Bertz CT molecular complexity index is 514. The van der Waals surface area contributed by atoms with Gasteiger partial charge in [-0.3, -0.25) is 9.69 Å². The van der Waals surface area contributed by atoms with Crippen molar-refractivity contribution in [2.75, 3.05) is 19.6 Å². The molecule has 1 amide bonds. The molecule has 7 nitrogen and oxygen atoms in total. The molecule has 1 aliphatic rings. The first-order chi connectivity index (χ1) is 10.8. The van der Waals surface area contributed by atoms with Gasteiger partial charge in [0.05, 0.1) is 12.6 Å². The summed E-state index contributed by atoms with van der Waals surface area (Å²) >= 11 is 0. The monoisotopic (exact) mass is 324 g/mol. The number of piperidine rings is 1. The van der Waals surface area contributed by atoms with Gasteiger partial charge in [0.1, 0.15) is 0 Å². The second-order valence-corrected chi connectivity index (χ2v) is 7.41. The highest BCUT2D eigenvalue weighted by Gasteiger charge is 2.27. The van der Waals surface area contributed by atoms with Gasteiger partial charge in [0, 0.05) is 17.9 Å². The van der Waals surface area contributed by atoms with Crippen LogP contribution in [0.5, 0.6) is 0 Å². The lowest BCUT2D eigenvalue weighted by molar-refractivity contribution is -0.126. The summed E-state index contributed by atoms with van der Waals surface area (Å²) in [7, 11) is 0. The van der Waals surface area contributed by atoms with Gasteiger partial charge >= 0.3 is 0 Å². The van der Waals surface area contributed by atoms with Crippen LogP contribution in [0.1, 0.15) is 52.3 Å². The highest BCUT2D eigenvalue weighted by molar-refractivity contribution is 5.78. The smallest absolute Gasteiger partial charge is 0.240 e. The number of aliphatic hydroxyl groups excluding tert-OH is 1. The minimum Gasteiger partial charge on any atom is -0.392 e. The number of carbonyl (C=O) groups excluding carboxylic acids is 1. The molecule has 0 bridgehead atoms. The highest BCUT2D eigenvalue weighted by atomic mass is 16.5. The van der Waals surface area contributed by atoms with Gasteiger partial charge < -0.3 is 14.9 Å². The van der Waals surface area contributed by atoms with Crippen molar-refractivity contribution in [3.63, 3.8) is 0 Å². The second-order valence-electron chi connectivity index (χ2n) is 7.41. The van der Waals surface area contributed by atoms with E-state index in [2.05, 4.69) is 41.1 Å². The summed E-state index contributed by atoms with van der Waals surface area (Å²) in [6.45, 7) is 10.4. The highest BCUT2D eigenvalue weighted by Crippen LogP contribution is 2.21. The van der Waals surface area contributed by atoms with Gasteiger partial charge in [-0.25, -0.2) is 0 Å². The number of rotatable bonds is 5. The fraction of sp³-hybridized carbons (Fsp3) is 0.812. The minimum absolute atomic E-state index is 0.0258. The average molecular weight is 324 g/mol. The topological polar surface area (TPSA) is 91.5 Å². The van der Waals surface area contributed by atoms with Crippen LogP contribution in [0.25, 0.3) is 0 Å². The average Bonchev–Trinajstić information content (AvgIpc) is 2.94. The van der Waals surface area contributed by atoms with Crippen LogP contribution in [0.4, 0.5) is 0 Å². The maximum absolute atomic E-state index is 12.0. The van der Waals surface area contributed by atoms with Crippen molar-refractivity contribution >= 4 is 5.91 Å². The third-order valence-corrected chi connectivity index (χ3v) is 4.03. The summed E-state index contributed by atoms with van der Waals surface area (Å²) < 4.78 is 5.32. The zero-order valence-corrected chi connectivity index (χ0v) is 14.5. The summed E-state index contributed by atoms with van der Waals surface area (Å²) in [6.07, 6.45) is 1.12. The normalized spacial score (nSPS) is 18.8. The van der Waals surface area contributed by atoms with Crippen molar-refractivity contribution in [2.24, 2.45) is 5.92 Å². The molecule has 1 saturated heterocycles. The summed E-state index contributed by atoms with van der Waals surface area (Å²) in [5, 5.41) is 16.0. The van der Waals surface area contributed by atoms with E-state index in [0.29, 0.717) is 19.0 Å². The largest absolute Gasteiger partial charge is 0.392 e. The predicted octanol–water partition coefficient (Wildman–Crippen LogP) is 1.08. The Morgan fingerprint density at radius 1 is 1.43 bits per heavy atom. The van der Waals surface area contributed by atoms with Crippen LogP contribution in [0, 0.1) is 5.92 Å². The van der Waals surface area contributed by atoms with Gasteiger partial charge in [-0.15, -0.1) is 0 Å². The van der Waals surface area contributed by atoms with E-state index >= 15 is 0 Å². The van der Waals surface area contributed by atoms with E-state index in [0.717, 1.165) is 31.8 Å². The van der Waals surface area contributed by atoms with Crippen LogP contribution in [0.2, 0.25) is 0 Å². The van der Waals surface area contributed by atoms with Crippen LogP contribution in [-0.4, -0.2) is 51.8 Å². The van der Waals surface area contributed by atoms with Crippen LogP contribution >= 0.6 is 0 Å². The van der Waals surface area contributed by atoms with Gasteiger partial charge in [0.2, 0.25) is 11.8 Å². The molecule has 0 aromatic carbocycles. The molecule has 1 aromatic heterocycles. The molecule has 1 unspecified atom stereocenters. The minimum atomic E-state index is -0.506. The standard InChI is InChI=1S/C16H28N4O3/c1-11(21)9-17-14(22)12-5-7-20(8-6-12)10-13-18-15(19-23-13)16(2,3)4/h11-12,21H,5-10H2,1-4H3,(H,17,22). The quantitative estimate of drug-likeness (QED) is 0.842. The fourth-order valence-electron chi connectivity index (χ4n) is 2.56. The van der Waals surface area contributed by atoms with Crippen LogP contribution in [-0.2, 0) is 16.8 Å². The van der Waals surface area contributed by atoms with E-state index in [9.17, 15) is 9.90 Å². The van der Waals surface area contributed by atoms with Crippen LogP contribution in [0.15, 0.2) is 4.52 Å². The molecular weight excluding hydrogens is 296 g/mol. The lowest BCUT2D eigenvalue weighted by atomic mass is 9.95. The van der Waals surface area contributed by atoms with Crippen molar-refractivity contribution in [2.45, 2.75) is 58.6 Å². The van der Waals surface area contributed by atoms with E-state index in [1.807, 2.05) is 0 Å². The Morgan fingerprint density at radius 2 is 2.09 bits per heavy atom. The van der Waals surface area contributed by atoms with Gasteiger partial charge in [0.25, 0.3) is 0 Å². The number of likely N-dealkylation sites (tertiary alicyclic amines) is 1. The maximum atomic E-state index is 12.0. The Hall–Kier alpha value is -1.47. The molecule has 1 fully saturated rings. The number of nitrogens with zero attached hydrogens (tertiary/aromatic N) is 3.